The summed E-state index contributed by atoms with van der Waals surface area (Å²) in [6.45, 7) is 0. The molecule has 0 amide bonds. The summed E-state index contributed by atoms with van der Waals surface area (Å²) in [4.78, 5) is 16.4. The standard InChI is InChI=1S/C26H27NO/c1-27(2)26-17-20-15-9-10-16-21(20)24(26)25(28)22(18-11-5-3-6-12-18)23(26)19-13-7-4-8-14-19/h3-8,11-14,16,20,24H,9-10,15,17H2,1-2H3/t20-,24-,26-/m1/s1. The third-order valence-electron chi connectivity index (χ3n) is 7.09. The Kier molecular flexibility index (Phi) is 4.13. The van der Waals surface area contributed by atoms with E-state index in [4.69, 9.17) is 0 Å². The molecule has 0 N–H and O–H groups in total. The van der Waals surface area contributed by atoms with E-state index < -0.39 is 0 Å². The Hall–Kier alpha value is -2.45. The average molecular weight is 370 g/mol. The molecular formula is C26H27NO. The molecule has 2 nitrogen and oxygen atoms in total. The summed E-state index contributed by atoms with van der Waals surface area (Å²) in [5, 5.41) is 0. The molecule has 0 aromatic heterocycles. The Morgan fingerprint density at radius 3 is 2.21 bits per heavy atom. The van der Waals surface area contributed by atoms with Gasteiger partial charge in [0.1, 0.15) is 0 Å². The first kappa shape index (κ1) is 17.6. The molecule has 2 aromatic rings. The quantitative estimate of drug-likeness (QED) is 0.691. The molecule has 0 heterocycles. The van der Waals surface area contributed by atoms with Gasteiger partial charge >= 0.3 is 0 Å². The van der Waals surface area contributed by atoms with E-state index in [1.807, 2.05) is 18.2 Å². The average Bonchev–Trinajstić information content (AvgIpc) is 3.20. The molecule has 28 heavy (non-hydrogen) atoms. The minimum absolute atomic E-state index is 0.0433. The van der Waals surface area contributed by atoms with Crippen LogP contribution < -0.4 is 0 Å². The van der Waals surface area contributed by atoms with Gasteiger partial charge in [0.05, 0.1) is 11.5 Å². The zero-order valence-corrected chi connectivity index (χ0v) is 16.7. The highest BCUT2D eigenvalue weighted by Gasteiger charge is 2.62. The number of likely N-dealkylation sites (N-methyl/N-ethyl adjacent to an activating group) is 1. The largest absolute Gasteiger partial charge is 0.299 e. The number of hydrogen-bond acceptors (Lipinski definition) is 2. The van der Waals surface area contributed by atoms with Gasteiger partial charge in [0, 0.05) is 5.57 Å². The molecule has 3 aliphatic rings. The van der Waals surface area contributed by atoms with Crippen molar-refractivity contribution in [2.24, 2.45) is 11.8 Å². The van der Waals surface area contributed by atoms with E-state index >= 15 is 0 Å². The van der Waals surface area contributed by atoms with Gasteiger partial charge < -0.3 is 0 Å². The van der Waals surface area contributed by atoms with Crippen LogP contribution in [-0.2, 0) is 4.79 Å². The van der Waals surface area contributed by atoms with Gasteiger partial charge in [-0.15, -0.1) is 0 Å². The number of carbonyl (C=O) groups is 1. The summed E-state index contributed by atoms with van der Waals surface area (Å²) in [5.74, 6) is 0.814. The summed E-state index contributed by atoms with van der Waals surface area (Å²) in [7, 11) is 4.32. The van der Waals surface area contributed by atoms with E-state index in [1.165, 1.54) is 29.6 Å². The van der Waals surface area contributed by atoms with Crippen molar-refractivity contribution >= 4 is 16.9 Å². The van der Waals surface area contributed by atoms with Gasteiger partial charge in [-0.1, -0.05) is 72.3 Å². The summed E-state index contributed by atoms with van der Waals surface area (Å²) in [5.41, 5.74) is 5.55. The fraction of sp³-hybridized carbons (Fsp3) is 0.346. The highest BCUT2D eigenvalue weighted by atomic mass is 16.1. The lowest BCUT2D eigenvalue weighted by molar-refractivity contribution is -0.117. The van der Waals surface area contributed by atoms with Crippen molar-refractivity contribution in [2.75, 3.05) is 14.1 Å². The molecule has 0 radical (unpaired) electrons. The number of fused-ring (bicyclic) bond motifs is 3. The maximum absolute atomic E-state index is 14.0. The van der Waals surface area contributed by atoms with E-state index in [-0.39, 0.29) is 11.5 Å². The molecule has 0 spiro atoms. The number of carbonyl (C=O) groups excluding carboxylic acids is 1. The lowest BCUT2D eigenvalue weighted by Gasteiger charge is -2.39. The van der Waals surface area contributed by atoms with Gasteiger partial charge in [0.15, 0.2) is 5.78 Å². The van der Waals surface area contributed by atoms with Crippen LogP contribution in [0.25, 0.3) is 11.1 Å². The van der Waals surface area contributed by atoms with Gasteiger partial charge in [0.25, 0.3) is 0 Å². The smallest absolute Gasteiger partial charge is 0.173 e. The van der Waals surface area contributed by atoms with Gasteiger partial charge in [0.2, 0.25) is 0 Å². The SMILES string of the molecule is CN(C)[C@@]12C[C@H]3CCCC=C3[C@@H]1C(=O)C(c1ccccc1)=C2c1ccccc1. The Balaban J connectivity index is 1.82. The van der Waals surface area contributed by atoms with Gasteiger partial charge in [-0.05, 0) is 62.4 Å². The van der Waals surface area contributed by atoms with E-state index in [1.54, 1.807) is 0 Å². The van der Waals surface area contributed by atoms with Crippen molar-refractivity contribution in [3.63, 3.8) is 0 Å². The predicted molar refractivity (Wildman–Crippen MR) is 115 cm³/mol. The molecule has 3 atom stereocenters. The van der Waals surface area contributed by atoms with Crippen molar-refractivity contribution in [3.8, 4) is 0 Å². The second-order valence-corrected chi connectivity index (χ2v) is 8.63. The van der Waals surface area contributed by atoms with Gasteiger partial charge in [-0.3, -0.25) is 9.69 Å². The second kappa shape index (κ2) is 6.56. The first-order valence-electron chi connectivity index (χ1n) is 10.4. The highest BCUT2D eigenvalue weighted by Crippen LogP contribution is 2.62. The second-order valence-electron chi connectivity index (χ2n) is 8.63. The molecule has 5 rings (SSSR count). The molecule has 1 fully saturated rings. The predicted octanol–water partition coefficient (Wildman–Crippen LogP) is 5.23. The fourth-order valence-electron chi connectivity index (χ4n) is 5.96. The summed E-state index contributed by atoms with van der Waals surface area (Å²) in [6.07, 6.45) is 7.00. The molecule has 0 aliphatic heterocycles. The lowest BCUT2D eigenvalue weighted by atomic mass is 9.79. The number of hydrogen-bond donors (Lipinski definition) is 0. The summed E-state index contributed by atoms with van der Waals surface area (Å²) < 4.78 is 0. The maximum atomic E-state index is 14.0. The van der Waals surface area contributed by atoms with Crippen LogP contribution in [0.4, 0.5) is 0 Å². The lowest BCUT2D eigenvalue weighted by Crippen LogP contribution is -2.47. The first-order chi connectivity index (χ1) is 13.6. The van der Waals surface area contributed by atoms with Crippen LogP contribution >= 0.6 is 0 Å². The number of rotatable bonds is 3. The van der Waals surface area contributed by atoms with Crippen LogP contribution in [0.15, 0.2) is 72.3 Å². The van der Waals surface area contributed by atoms with Crippen LogP contribution in [0.3, 0.4) is 0 Å². The molecule has 2 aromatic carbocycles. The van der Waals surface area contributed by atoms with Gasteiger partial charge in [-0.25, -0.2) is 0 Å². The molecule has 2 heteroatoms. The Morgan fingerprint density at radius 1 is 0.929 bits per heavy atom. The van der Waals surface area contributed by atoms with Crippen molar-refractivity contribution in [1.29, 1.82) is 0 Å². The molecule has 0 unspecified atom stereocenters. The number of benzene rings is 2. The number of allylic oxidation sites excluding steroid dienone is 2. The highest BCUT2D eigenvalue weighted by molar-refractivity contribution is 6.35. The maximum Gasteiger partial charge on any atom is 0.173 e. The van der Waals surface area contributed by atoms with Crippen molar-refractivity contribution in [3.05, 3.63) is 83.4 Å². The molecule has 1 saturated carbocycles. The van der Waals surface area contributed by atoms with Crippen LogP contribution in [0.1, 0.15) is 36.8 Å². The van der Waals surface area contributed by atoms with Crippen LogP contribution in [0.5, 0.6) is 0 Å². The van der Waals surface area contributed by atoms with Crippen molar-refractivity contribution < 1.29 is 4.79 Å². The van der Waals surface area contributed by atoms with Crippen LogP contribution in [-0.4, -0.2) is 30.3 Å². The minimum atomic E-state index is -0.246. The molecule has 142 valence electrons. The van der Waals surface area contributed by atoms with Crippen molar-refractivity contribution in [1.82, 2.24) is 4.90 Å². The molecular weight excluding hydrogens is 342 g/mol. The zero-order valence-electron chi connectivity index (χ0n) is 16.7. The van der Waals surface area contributed by atoms with Crippen LogP contribution in [0, 0.1) is 11.8 Å². The number of Topliss-reactive ketones (excluding diaryl/α,β-unsaturated/α-hetero) is 1. The normalized spacial score (nSPS) is 29.1. The number of nitrogens with zero attached hydrogens (tertiary/aromatic N) is 1. The summed E-state index contributed by atoms with van der Waals surface area (Å²) in [6, 6.07) is 20.9. The van der Waals surface area contributed by atoms with Crippen molar-refractivity contribution in [2.45, 2.75) is 31.2 Å². The Morgan fingerprint density at radius 2 is 1.57 bits per heavy atom. The fourth-order valence-corrected chi connectivity index (χ4v) is 5.96. The third-order valence-corrected chi connectivity index (χ3v) is 7.09. The van der Waals surface area contributed by atoms with E-state index in [0.29, 0.717) is 11.7 Å². The Labute approximate surface area is 167 Å². The zero-order chi connectivity index (χ0) is 19.3. The Bertz CT molecular complexity index is 970. The topological polar surface area (TPSA) is 20.3 Å². The molecule has 0 bridgehead atoms. The summed E-state index contributed by atoms with van der Waals surface area (Å²) >= 11 is 0. The van der Waals surface area contributed by atoms with E-state index in [2.05, 4.69) is 67.5 Å². The minimum Gasteiger partial charge on any atom is -0.299 e. The van der Waals surface area contributed by atoms with Gasteiger partial charge in [-0.2, -0.15) is 0 Å². The van der Waals surface area contributed by atoms with E-state index in [0.717, 1.165) is 24.0 Å². The van der Waals surface area contributed by atoms with E-state index in [9.17, 15) is 4.79 Å². The molecule has 3 aliphatic carbocycles. The molecule has 0 saturated heterocycles. The monoisotopic (exact) mass is 369 g/mol. The first-order valence-corrected chi connectivity index (χ1v) is 10.4. The van der Waals surface area contributed by atoms with Crippen LogP contribution in [0.2, 0.25) is 0 Å². The third kappa shape index (κ3) is 2.34. The number of ketones is 1.